The summed E-state index contributed by atoms with van der Waals surface area (Å²) < 4.78 is 26.5. The van der Waals surface area contributed by atoms with Crippen LogP contribution in [0.4, 0.5) is 0 Å². The Hall–Kier alpha value is -1.77. The Balaban J connectivity index is 1.68. The second kappa shape index (κ2) is 6.38. The fourth-order valence-corrected chi connectivity index (χ4v) is 4.53. The first kappa shape index (κ1) is 16.1. The largest absolute Gasteiger partial charge is 0.335 e. The van der Waals surface area contributed by atoms with Crippen LogP contribution < -0.4 is 0 Å². The zero-order valence-corrected chi connectivity index (χ0v) is 14.3. The number of hydrogen-bond donors (Lipinski definition) is 0. The van der Waals surface area contributed by atoms with Gasteiger partial charge in [0, 0.05) is 31.6 Å². The van der Waals surface area contributed by atoms with E-state index in [1.165, 1.54) is 15.6 Å². The molecule has 0 aliphatic carbocycles. The van der Waals surface area contributed by atoms with Gasteiger partial charge >= 0.3 is 0 Å². The monoisotopic (exact) mass is 351 g/mol. The highest BCUT2D eigenvalue weighted by atomic mass is 32.2. The van der Waals surface area contributed by atoms with Gasteiger partial charge in [0.05, 0.1) is 9.90 Å². The summed E-state index contributed by atoms with van der Waals surface area (Å²) in [5.74, 6) is -0.133. The van der Waals surface area contributed by atoms with Crippen LogP contribution in [0.2, 0.25) is 0 Å². The fourth-order valence-electron chi connectivity index (χ4n) is 2.50. The third-order valence-corrected chi connectivity index (χ3v) is 6.43. The Kier molecular flexibility index (Phi) is 4.47. The lowest BCUT2D eigenvalue weighted by Gasteiger charge is -2.33. The maximum absolute atomic E-state index is 12.5. The van der Waals surface area contributed by atoms with Crippen molar-refractivity contribution >= 4 is 27.3 Å². The normalized spacial score (nSPS) is 16.5. The summed E-state index contributed by atoms with van der Waals surface area (Å²) >= 11 is 1.43. The van der Waals surface area contributed by atoms with Crippen LogP contribution in [0.3, 0.4) is 0 Å². The molecule has 0 spiro atoms. The van der Waals surface area contributed by atoms with E-state index in [1.807, 2.05) is 6.92 Å². The van der Waals surface area contributed by atoms with E-state index >= 15 is 0 Å². The molecule has 3 rings (SSSR count). The summed E-state index contributed by atoms with van der Waals surface area (Å²) in [6, 6.07) is 8.37. The van der Waals surface area contributed by atoms with Crippen LogP contribution in [0.25, 0.3) is 0 Å². The van der Waals surface area contributed by atoms with Crippen molar-refractivity contribution in [1.82, 2.24) is 14.2 Å². The van der Waals surface area contributed by atoms with Gasteiger partial charge in [0.15, 0.2) is 0 Å². The summed E-state index contributed by atoms with van der Waals surface area (Å²) in [6.07, 6.45) is 0. The van der Waals surface area contributed by atoms with Gasteiger partial charge in [-0.3, -0.25) is 4.79 Å². The maximum Gasteiger partial charge on any atom is 0.273 e. The van der Waals surface area contributed by atoms with Gasteiger partial charge in [0.1, 0.15) is 5.69 Å². The number of piperazine rings is 1. The molecule has 1 amide bonds. The minimum absolute atomic E-state index is 0.133. The molecular formula is C15H17N3O3S2. The summed E-state index contributed by atoms with van der Waals surface area (Å²) in [5.41, 5.74) is 0.437. The molecule has 1 fully saturated rings. The minimum Gasteiger partial charge on any atom is -0.335 e. The van der Waals surface area contributed by atoms with E-state index < -0.39 is 10.0 Å². The van der Waals surface area contributed by atoms with E-state index in [-0.39, 0.29) is 10.8 Å². The van der Waals surface area contributed by atoms with Crippen LogP contribution in [0.5, 0.6) is 0 Å². The van der Waals surface area contributed by atoms with Gasteiger partial charge in [0.25, 0.3) is 5.91 Å². The zero-order valence-electron chi connectivity index (χ0n) is 12.7. The first-order valence-electron chi connectivity index (χ1n) is 7.25. The lowest BCUT2D eigenvalue weighted by atomic mass is 10.3. The predicted molar refractivity (Wildman–Crippen MR) is 88.0 cm³/mol. The number of carbonyl (C=O) groups is 1. The van der Waals surface area contributed by atoms with Gasteiger partial charge < -0.3 is 4.90 Å². The molecule has 0 unspecified atom stereocenters. The number of benzene rings is 1. The molecule has 1 aliphatic heterocycles. The van der Waals surface area contributed by atoms with Crippen LogP contribution in [-0.2, 0) is 10.0 Å². The SMILES string of the molecule is Cc1nc(C(=O)N2CCN(S(=O)(=O)c3ccccc3)CC2)cs1. The molecule has 0 radical (unpaired) electrons. The molecule has 1 aromatic carbocycles. The molecule has 0 atom stereocenters. The minimum atomic E-state index is -3.49. The van der Waals surface area contributed by atoms with Crippen LogP contribution in [0.15, 0.2) is 40.6 Å². The van der Waals surface area contributed by atoms with Gasteiger partial charge in [-0.05, 0) is 19.1 Å². The molecule has 122 valence electrons. The van der Waals surface area contributed by atoms with Crippen LogP contribution in [-0.4, -0.2) is 54.7 Å². The molecule has 1 aliphatic rings. The molecular weight excluding hydrogens is 334 g/mol. The molecule has 0 N–H and O–H groups in total. The summed E-state index contributed by atoms with van der Waals surface area (Å²) in [5, 5.41) is 2.59. The van der Waals surface area contributed by atoms with Crippen molar-refractivity contribution in [2.75, 3.05) is 26.2 Å². The second-order valence-corrected chi connectivity index (χ2v) is 8.26. The molecule has 23 heavy (non-hydrogen) atoms. The van der Waals surface area contributed by atoms with Crippen LogP contribution in [0, 0.1) is 6.92 Å². The Morgan fingerprint density at radius 1 is 1.13 bits per heavy atom. The molecule has 6 nitrogen and oxygen atoms in total. The van der Waals surface area contributed by atoms with Gasteiger partial charge in [-0.1, -0.05) is 18.2 Å². The first-order chi connectivity index (χ1) is 11.0. The predicted octanol–water partition coefficient (Wildman–Crippen LogP) is 1.60. The van der Waals surface area contributed by atoms with Gasteiger partial charge in [0.2, 0.25) is 10.0 Å². The van der Waals surface area contributed by atoms with Crippen LogP contribution in [0.1, 0.15) is 15.5 Å². The first-order valence-corrected chi connectivity index (χ1v) is 9.57. The number of rotatable bonds is 3. The van der Waals surface area contributed by atoms with Crippen molar-refractivity contribution in [1.29, 1.82) is 0 Å². The Morgan fingerprint density at radius 2 is 1.78 bits per heavy atom. The molecule has 2 heterocycles. The van der Waals surface area contributed by atoms with E-state index in [9.17, 15) is 13.2 Å². The number of hydrogen-bond acceptors (Lipinski definition) is 5. The Labute approximate surface area is 139 Å². The summed E-state index contributed by atoms with van der Waals surface area (Å²) in [7, 11) is -3.49. The highest BCUT2D eigenvalue weighted by Crippen LogP contribution is 2.18. The van der Waals surface area contributed by atoms with E-state index in [0.717, 1.165) is 5.01 Å². The molecule has 0 bridgehead atoms. The lowest BCUT2D eigenvalue weighted by Crippen LogP contribution is -2.50. The van der Waals surface area contributed by atoms with Crippen molar-refractivity contribution in [3.63, 3.8) is 0 Å². The third kappa shape index (κ3) is 3.29. The summed E-state index contributed by atoms with van der Waals surface area (Å²) in [6.45, 7) is 3.20. The Morgan fingerprint density at radius 3 is 2.35 bits per heavy atom. The van der Waals surface area contributed by atoms with Crippen LogP contribution >= 0.6 is 11.3 Å². The van der Waals surface area contributed by atoms with Crippen molar-refractivity contribution in [3.05, 3.63) is 46.4 Å². The van der Waals surface area contributed by atoms with Crippen molar-refractivity contribution in [2.24, 2.45) is 0 Å². The maximum atomic E-state index is 12.5. The highest BCUT2D eigenvalue weighted by Gasteiger charge is 2.30. The van der Waals surface area contributed by atoms with E-state index in [4.69, 9.17) is 0 Å². The number of carbonyl (C=O) groups excluding carboxylic acids is 1. The molecule has 1 aromatic heterocycles. The number of thiazole rings is 1. The fraction of sp³-hybridized carbons (Fsp3) is 0.333. The Bertz CT molecular complexity index is 794. The number of aryl methyl sites for hydroxylation is 1. The molecule has 0 saturated carbocycles. The number of amides is 1. The average Bonchev–Trinajstić information content (AvgIpc) is 3.01. The van der Waals surface area contributed by atoms with Crippen molar-refractivity contribution in [3.8, 4) is 0 Å². The van der Waals surface area contributed by atoms with E-state index in [2.05, 4.69) is 4.98 Å². The molecule has 1 saturated heterocycles. The topological polar surface area (TPSA) is 70.6 Å². The molecule has 8 heteroatoms. The second-order valence-electron chi connectivity index (χ2n) is 5.26. The smallest absolute Gasteiger partial charge is 0.273 e. The third-order valence-electron chi connectivity index (χ3n) is 3.74. The highest BCUT2D eigenvalue weighted by molar-refractivity contribution is 7.89. The zero-order chi connectivity index (χ0) is 16.4. The number of sulfonamides is 1. The lowest BCUT2D eigenvalue weighted by molar-refractivity contribution is 0.0692. The quantitative estimate of drug-likeness (QED) is 0.842. The van der Waals surface area contributed by atoms with Gasteiger partial charge in [-0.25, -0.2) is 13.4 Å². The molecule has 2 aromatic rings. The van der Waals surface area contributed by atoms with Crippen molar-refractivity contribution in [2.45, 2.75) is 11.8 Å². The standard InChI is InChI=1S/C15H17N3O3S2/c1-12-16-14(11-22-12)15(19)17-7-9-18(10-8-17)23(20,21)13-5-3-2-4-6-13/h2-6,11H,7-10H2,1H3. The number of nitrogens with zero attached hydrogens (tertiary/aromatic N) is 3. The van der Waals surface area contributed by atoms with Crippen molar-refractivity contribution < 1.29 is 13.2 Å². The van der Waals surface area contributed by atoms with Gasteiger partial charge in [-0.2, -0.15) is 4.31 Å². The average molecular weight is 351 g/mol. The van der Waals surface area contributed by atoms with Gasteiger partial charge in [-0.15, -0.1) is 11.3 Å². The van der Waals surface area contributed by atoms with E-state index in [0.29, 0.717) is 31.9 Å². The van der Waals surface area contributed by atoms with E-state index in [1.54, 1.807) is 40.6 Å². The number of aromatic nitrogens is 1. The summed E-state index contributed by atoms with van der Waals surface area (Å²) in [4.78, 5) is 18.5.